The number of aromatic nitrogens is 3. The summed E-state index contributed by atoms with van der Waals surface area (Å²) in [5.74, 6) is -0.219. The number of aliphatic hydroxyl groups is 1. The van der Waals surface area contributed by atoms with Gasteiger partial charge in [0.05, 0.1) is 11.6 Å². The van der Waals surface area contributed by atoms with Crippen molar-refractivity contribution in [2.45, 2.75) is 30.9 Å². The average Bonchev–Trinajstić information content (AvgIpc) is 3.51. The van der Waals surface area contributed by atoms with Crippen LogP contribution in [0, 0.1) is 0 Å². The van der Waals surface area contributed by atoms with Crippen molar-refractivity contribution < 1.29 is 9.90 Å². The lowest BCUT2D eigenvalue weighted by Gasteiger charge is -2.46. The topological polar surface area (TPSA) is 97.4 Å². The molecular formula is C24H30N6O2. The number of piperidine rings is 1. The first-order valence-electron chi connectivity index (χ1n) is 11.5. The lowest BCUT2D eigenvalue weighted by molar-refractivity contribution is -0.0171. The van der Waals surface area contributed by atoms with Crippen molar-refractivity contribution in [3.05, 3.63) is 59.7 Å². The molecule has 0 saturated carbocycles. The summed E-state index contributed by atoms with van der Waals surface area (Å²) < 4.78 is 0. The van der Waals surface area contributed by atoms with Gasteiger partial charge in [-0.3, -0.25) is 9.69 Å². The van der Waals surface area contributed by atoms with Crippen molar-refractivity contribution in [2.24, 2.45) is 0 Å². The fourth-order valence-electron chi connectivity index (χ4n) is 5.03. The van der Waals surface area contributed by atoms with Crippen molar-refractivity contribution in [1.29, 1.82) is 0 Å². The van der Waals surface area contributed by atoms with E-state index in [0.717, 1.165) is 25.2 Å². The summed E-state index contributed by atoms with van der Waals surface area (Å²) in [4.78, 5) is 18.1. The molecule has 1 amide bonds. The molecule has 2 fully saturated rings. The summed E-state index contributed by atoms with van der Waals surface area (Å²) in [6.45, 7) is 5.69. The van der Waals surface area contributed by atoms with Gasteiger partial charge < -0.3 is 15.3 Å². The molecule has 0 radical (unpaired) electrons. The van der Waals surface area contributed by atoms with Gasteiger partial charge in [-0.1, -0.05) is 30.3 Å². The monoisotopic (exact) mass is 434 g/mol. The highest BCUT2D eigenvalue weighted by atomic mass is 16.3. The van der Waals surface area contributed by atoms with E-state index in [1.165, 1.54) is 25.9 Å². The fourth-order valence-corrected chi connectivity index (χ4v) is 5.03. The zero-order valence-corrected chi connectivity index (χ0v) is 18.2. The van der Waals surface area contributed by atoms with Gasteiger partial charge in [-0.15, -0.1) is 0 Å². The van der Waals surface area contributed by atoms with E-state index in [2.05, 4.69) is 30.5 Å². The Kier molecular flexibility index (Phi) is 5.91. The van der Waals surface area contributed by atoms with Crippen molar-refractivity contribution in [2.75, 3.05) is 39.3 Å². The molecule has 0 aliphatic carbocycles. The molecule has 3 heterocycles. The number of fused-ring (bicyclic) bond motifs is 1. The van der Waals surface area contributed by atoms with E-state index in [-0.39, 0.29) is 5.91 Å². The first-order valence-corrected chi connectivity index (χ1v) is 11.5. The van der Waals surface area contributed by atoms with Gasteiger partial charge in [0, 0.05) is 31.7 Å². The summed E-state index contributed by atoms with van der Waals surface area (Å²) in [6, 6.07) is 15.1. The Morgan fingerprint density at radius 1 is 1.03 bits per heavy atom. The molecule has 0 bridgehead atoms. The van der Waals surface area contributed by atoms with Crippen LogP contribution in [-0.2, 0) is 5.54 Å². The lowest BCUT2D eigenvalue weighted by Crippen LogP contribution is -2.62. The number of carbonyl (C=O) groups is 1. The molecule has 3 N–H and O–H groups in total. The van der Waals surface area contributed by atoms with Gasteiger partial charge in [0.1, 0.15) is 11.0 Å². The van der Waals surface area contributed by atoms with Gasteiger partial charge in [0.2, 0.25) is 0 Å². The summed E-state index contributed by atoms with van der Waals surface area (Å²) in [7, 11) is 0. The number of rotatable bonds is 6. The number of nitrogens with zero attached hydrogens (tertiary/aromatic N) is 4. The molecule has 1 aromatic heterocycles. The van der Waals surface area contributed by atoms with E-state index in [0.29, 0.717) is 29.6 Å². The molecule has 5 rings (SSSR count). The number of aromatic amines is 1. The number of carbonyl (C=O) groups excluding carboxylic acids is 1. The quantitative estimate of drug-likeness (QED) is 0.547. The maximum atomic E-state index is 13.3. The van der Waals surface area contributed by atoms with E-state index >= 15 is 0 Å². The first kappa shape index (κ1) is 21.1. The minimum absolute atomic E-state index is 0.219. The average molecular weight is 435 g/mol. The van der Waals surface area contributed by atoms with Gasteiger partial charge >= 0.3 is 0 Å². The second-order valence-corrected chi connectivity index (χ2v) is 8.93. The Bertz CT molecular complexity index is 1060. The third-order valence-electron chi connectivity index (χ3n) is 6.96. The number of hydrogen-bond donors (Lipinski definition) is 3. The minimum Gasteiger partial charge on any atom is -0.389 e. The molecule has 2 aromatic carbocycles. The number of likely N-dealkylation sites (tertiary alicyclic amines) is 2. The Balaban J connectivity index is 1.35. The lowest BCUT2D eigenvalue weighted by atomic mass is 9.78. The van der Waals surface area contributed by atoms with Crippen LogP contribution < -0.4 is 5.32 Å². The minimum atomic E-state index is -0.832. The maximum Gasteiger partial charge on any atom is 0.252 e. The number of nitrogens with one attached hydrogen (secondary N) is 2. The summed E-state index contributed by atoms with van der Waals surface area (Å²) in [5.41, 5.74) is 1.96. The van der Waals surface area contributed by atoms with Crippen LogP contribution in [0.5, 0.6) is 0 Å². The van der Waals surface area contributed by atoms with Crippen molar-refractivity contribution in [3.63, 3.8) is 0 Å². The predicted molar refractivity (Wildman–Crippen MR) is 122 cm³/mol. The van der Waals surface area contributed by atoms with Gasteiger partial charge in [-0.25, -0.2) is 0 Å². The van der Waals surface area contributed by atoms with Crippen LogP contribution in [0.15, 0.2) is 48.5 Å². The number of β-amino-alcohol motifs (C(OH)–C–C–N with tert-alkyl or cyclic N) is 1. The highest BCUT2D eigenvalue weighted by Crippen LogP contribution is 2.34. The zero-order chi connectivity index (χ0) is 22.0. The van der Waals surface area contributed by atoms with Crippen molar-refractivity contribution in [3.8, 4) is 0 Å². The highest BCUT2D eigenvalue weighted by Gasteiger charge is 2.45. The molecule has 168 valence electrons. The largest absolute Gasteiger partial charge is 0.389 e. The second-order valence-electron chi connectivity index (χ2n) is 8.93. The van der Waals surface area contributed by atoms with E-state index in [1.807, 2.05) is 30.3 Å². The molecule has 2 aliphatic heterocycles. The molecule has 8 heteroatoms. The standard InChI is InChI=1S/C24H30N6O2/c31-22-17-30(15-14-29-11-4-5-12-29)13-10-24(22,19-6-2-1-3-7-19)25-23(32)18-8-9-20-21(16-18)27-28-26-20/h1-3,6-9,16,22,31H,4-5,10-15,17H2,(H,25,32)(H,26,27,28)/t22-,24+/m1/s1. The SMILES string of the molecule is O=C(N[C@]1(c2ccccc2)CCN(CCN2CCCC2)C[C@H]1O)c1ccc2n[nH]nc2c1. The van der Waals surface area contributed by atoms with E-state index in [4.69, 9.17) is 0 Å². The van der Waals surface area contributed by atoms with Gasteiger partial charge in [-0.2, -0.15) is 15.4 Å². The molecule has 0 unspecified atom stereocenters. The molecule has 3 aromatic rings. The summed E-state index contributed by atoms with van der Waals surface area (Å²) >= 11 is 0. The Labute approximate surface area is 187 Å². The molecule has 2 saturated heterocycles. The number of hydrogen-bond acceptors (Lipinski definition) is 6. The second kappa shape index (κ2) is 8.97. The van der Waals surface area contributed by atoms with Gasteiger partial charge in [-0.05, 0) is 56.1 Å². The Hall–Kier alpha value is -2.81. The van der Waals surface area contributed by atoms with Crippen LogP contribution in [0.4, 0.5) is 0 Å². The van der Waals surface area contributed by atoms with E-state index in [9.17, 15) is 9.90 Å². The van der Waals surface area contributed by atoms with E-state index in [1.54, 1.807) is 18.2 Å². The molecule has 2 aliphatic rings. The third kappa shape index (κ3) is 4.13. The predicted octanol–water partition coefficient (Wildman–Crippen LogP) is 1.75. The van der Waals surface area contributed by atoms with Crippen LogP contribution in [0.2, 0.25) is 0 Å². The van der Waals surface area contributed by atoms with Crippen LogP contribution in [0.3, 0.4) is 0 Å². The fraction of sp³-hybridized carbons (Fsp3) is 0.458. The normalized spacial score (nSPS) is 24.7. The van der Waals surface area contributed by atoms with Gasteiger partial charge in [0.25, 0.3) is 5.91 Å². The smallest absolute Gasteiger partial charge is 0.252 e. The number of H-pyrrole nitrogens is 1. The Morgan fingerprint density at radius 3 is 2.56 bits per heavy atom. The third-order valence-corrected chi connectivity index (χ3v) is 6.96. The van der Waals surface area contributed by atoms with Crippen LogP contribution >= 0.6 is 0 Å². The molecule has 2 atom stereocenters. The van der Waals surface area contributed by atoms with Crippen molar-refractivity contribution in [1.82, 2.24) is 30.5 Å². The first-order chi connectivity index (χ1) is 15.6. The molecule has 0 spiro atoms. The van der Waals surface area contributed by atoms with Crippen LogP contribution in [0.1, 0.15) is 35.2 Å². The van der Waals surface area contributed by atoms with Crippen LogP contribution in [-0.4, -0.2) is 81.6 Å². The van der Waals surface area contributed by atoms with Crippen molar-refractivity contribution >= 4 is 16.9 Å². The summed E-state index contributed by atoms with van der Waals surface area (Å²) in [6.07, 6.45) is 2.51. The number of aliphatic hydroxyl groups excluding tert-OH is 1. The molecule has 8 nitrogen and oxygen atoms in total. The maximum absolute atomic E-state index is 13.3. The van der Waals surface area contributed by atoms with Gasteiger partial charge in [0.15, 0.2) is 0 Å². The Morgan fingerprint density at radius 2 is 1.78 bits per heavy atom. The van der Waals surface area contributed by atoms with Crippen LogP contribution in [0.25, 0.3) is 11.0 Å². The number of amides is 1. The molecular weight excluding hydrogens is 404 g/mol. The zero-order valence-electron chi connectivity index (χ0n) is 18.2. The molecule has 32 heavy (non-hydrogen) atoms. The van der Waals surface area contributed by atoms with E-state index < -0.39 is 11.6 Å². The highest BCUT2D eigenvalue weighted by molar-refractivity contribution is 5.97. The number of benzene rings is 2. The summed E-state index contributed by atoms with van der Waals surface area (Å²) in [5, 5.41) is 25.3.